The van der Waals surface area contributed by atoms with Gasteiger partial charge in [0, 0.05) is 12.5 Å². The predicted octanol–water partition coefficient (Wildman–Crippen LogP) is 4.52. The number of aromatic nitrogens is 2. The summed E-state index contributed by atoms with van der Waals surface area (Å²) in [6.07, 6.45) is 0. The van der Waals surface area contributed by atoms with Gasteiger partial charge in [-0.3, -0.25) is 0 Å². The molecular weight excluding hydrogens is 300 g/mol. The average Bonchev–Trinajstić information content (AvgIpc) is 2.86. The molecule has 0 bridgehead atoms. The van der Waals surface area contributed by atoms with Gasteiger partial charge in [-0.25, -0.2) is 9.78 Å². The van der Waals surface area contributed by atoms with Crippen molar-refractivity contribution in [2.75, 3.05) is 0 Å². The van der Waals surface area contributed by atoms with Crippen LogP contribution in [0.15, 0.2) is 36.4 Å². The molecule has 3 aromatic rings. The second-order valence-electron chi connectivity index (χ2n) is 6.64. The smallest absolute Gasteiger partial charge is 0.335 e. The molecule has 0 fully saturated rings. The summed E-state index contributed by atoms with van der Waals surface area (Å²) in [5, 5.41) is 9.03. The zero-order valence-electron chi connectivity index (χ0n) is 14.5. The van der Waals surface area contributed by atoms with Gasteiger partial charge in [-0.05, 0) is 54.8 Å². The van der Waals surface area contributed by atoms with Crippen LogP contribution in [-0.4, -0.2) is 20.6 Å². The summed E-state index contributed by atoms with van der Waals surface area (Å²) >= 11 is 0. The van der Waals surface area contributed by atoms with Gasteiger partial charge in [0.1, 0.15) is 5.82 Å². The van der Waals surface area contributed by atoms with E-state index >= 15 is 0 Å². The summed E-state index contributed by atoms with van der Waals surface area (Å²) in [6, 6.07) is 11.4. The van der Waals surface area contributed by atoms with Crippen LogP contribution in [0, 0.1) is 13.8 Å². The molecule has 0 aliphatic carbocycles. The molecule has 124 valence electrons. The number of nitrogens with zero attached hydrogens (tertiary/aromatic N) is 2. The van der Waals surface area contributed by atoms with E-state index in [2.05, 4.69) is 44.4 Å². The maximum absolute atomic E-state index is 11.0. The van der Waals surface area contributed by atoms with Crippen molar-refractivity contribution in [2.24, 2.45) is 0 Å². The van der Waals surface area contributed by atoms with E-state index < -0.39 is 5.97 Å². The van der Waals surface area contributed by atoms with Crippen LogP contribution in [0.5, 0.6) is 0 Å². The normalized spacial score (nSPS) is 11.4. The van der Waals surface area contributed by atoms with E-state index in [4.69, 9.17) is 10.1 Å². The second kappa shape index (κ2) is 6.11. The fourth-order valence-corrected chi connectivity index (χ4v) is 2.94. The number of aryl methyl sites for hydroxylation is 2. The van der Waals surface area contributed by atoms with Gasteiger partial charge in [0.15, 0.2) is 0 Å². The molecule has 1 heterocycles. The lowest BCUT2D eigenvalue weighted by Gasteiger charge is -2.12. The SMILES string of the molecule is Cc1cc2nc(C(C)C)n(Cc3ccc(C(=O)O)cc3)c2cc1C. The van der Waals surface area contributed by atoms with Crippen LogP contribution in [0.3, 0.4) is 0 Å². The molecule has 4 heteroatoms. The van der Waals surface area contributed by atoms with Crippen molar-refractivity contribution in [2.45, 2.75) is 40.2 Å². The van der Waals surface area contributed by atoms with Crippen molar-refractivity contribution in [1.82, 2.24) is 9.55 Å². The van der Waals surface area contributed by atoms with Crippen LogP contribution in [0.25, 0.3) is 11.0 Å². The van der Waals surface area contributed by atoms with E-state index in [9.17, 15) is 4.79 Å². The van der Waals surface area contributed by atoms with Gasteiger partial charge in [-0.1, -0.05) is 26.0 Å². The van der Waals surface area contributed by atoms with Crippen LogP contribution in [0.4, 0.5) is 0 Å². The Morgan fingerprint density at radius 2 is 1.75 bits per heavy atom. The number of fused-ring (bicyclic) bond motifs is 1. The first kappa shape index (κ1) is 16.2. The lowest BCUT2D eigenvalue weighted by molar-refractivity contribution is 0.0697. The topological polar surface area (TPSA) is 55.1 Å². The van der Waals surface area contributed by atoms with E-state index in [0.717, 1.165) is 22.4 Å². The zero-order valence-corrected chi connectivity index (χ0v) is 14.5. The number of hydrogen-bond acceptors (Lipinski definition) is 2. The third-order valence-corrected chi connectivity index (χ3v) is 4.45. The van der Waals surface area contributed by atoms with Crippen LogP contribution >= 0.6 is 0 Å². The fraction of sp³-hybridized carbons (Fsp3) is 0.300. The number of hydrogen-bond donors (Lipinski definition) is 1. The van der Waals surface area contributed by atoms with Crippen molar-refractivity contribution in [3.63, 3.8) is 0 Å². The first-order valence-electron chi connectivity index (χ1n) is 8.16. The minimum Gasteiger partial charge on any atom is -0.478 e. The van der Waals surface area contributed by atoms with Crippen molar-refractivity contribution in [1.29, 1.82) is 0 Å². The molecule has 0 unspecified atom stereocenters. The maximum Gasteiger partial charge on any atom is 0.335 e. The molecule has 0 amide bonds. The van der Waals surface area contributed by atoms with Crippen LogP contribution < -0.4 is 0 Å². The van der Waals surface area contributed by atoms with E-state index in [1.165, 1.54) is 11.1 Å². The van der Waals surface area contributed by atoms with E-state index in [-0.39, 0.29) is 0 Å². The standard InChI is InChI=1S/C20H22N2O2/c1-12(2)19-21-17-9-13(3)14(4)10-18(17)22(19)11-15-5-7-16(8-6-15)20(23)24/h5-10,12H,11H2,1-4H3,(H,23,24). The third kappa shape index (κ3) is 2.92. The minimum atomic E-state index is -0.899. The maximum atomic E-state index is 11.0. The molecule has 1 N–H and O–H groups in total. The van der Waals surface area contributed by atoms with Crippen LogP contribution in [-0.2, 0) is 6.54 Å². The summed E-state index contributed by atoms with van der Waals surface area (Å²) in [5.41, 5.74) is 6.02. The number of carboxylic acids is 1. The summed E-state index contributed by atoms with van der Waals surface area (Å²) in [7, 11) is 0. The number of imidazole rings is 1. The van der Waals surface area contributed by atoms with Crippen molar-refractivity contribution in [3.8, 4) is 0 Å². The number of carbonyl (C=O) groups is 1. The van der Waals surface area contributed by atoms with Crippen molar-refractivity contribution >= 4 is 17.0 Å². The summed E-state index contributed by atoms with van der Waals surface area (Å²) < 4.78 is 2.24. The lowest BCUT2D eigenvalue weighted by Crippen LogP contribution is -2.07. The Balaban J connectivity index is 2.08. The van der Waals surface area contributed by atoms with Gasteiger partial charge in [0.25, 0.3) is 0 Å². The number of rotatable bonds is 4. The molecule has 0 saturated carbocycles. The Bertz CT molecular complexity index is 906. The first-order valence-corrected chi connectivity index (χ1v) is 8.16. The highest BCUT2D eigenvalue weighted by Gasteiger charge is 2.15. The highest BCUT2D eigenvalue weighted by Crippen LogP contribution is 2.25. The molecule has 0 aliphatic rings. The Kier molecular flexibility index (Phi) is 4.14. The molecule has 0 saturated heterocycles. The Morgan fingerprint density at radius 1 is 1.12 bits per heavy atom. The molecule has 0 spiro atoms. The average molecular weight is 322 g/mol. The first-order chi connectivity index (χ1) is 11.4. The number of carboxylic acid groups (broad SMARTS) is 1. The van der Waals surface area contributed by atoms with E-state index in [1.807, 2.05) is 12.1 Å². The summed E-state index contributed by atoms with van der Waals surface area (Å²) in [4.78, 5) is 15.8. The zero-order chi connectivity index (χ0) is 17.4. The quantitative estimate of drug-likeness (QED) is 0.768. The Labute approximate surface area is 141 Å². The largest absolute Gasteiger partial charge is 0.478 e. The minimum absolute atomic E-state index is 0.310. The molecule has 4 nitrogen and oxygen atoms in total. The highest BCUT2D eigenvalue weighted by atomic mass is 16.4. The second-order valence-corrected chi connectivity index (χ2v) is 6.64. The van der Waals surface area contributed by atoms with Gasteiger partial charge in [0.05, 0.1) is 16.6 Å². The molecule has 1 aromatic heterocycles. The Morgan fingerprint density at radius 3 is 2.33 bits per heavy atom. The molecule has 0 radical (unpaired) electrons. The monoisotopic (exact) mass is 322 g/mol. The summed E-state index contributed by atoms with van der Waals surface area (Å²) in [6.45, 7) is 9.19. The van der Waals surface area contributed by atoms with E-state index in [1.54, 1.807) is 12.1 Å². The molecule has 24 heavy (non-hydrogen) atoms. The van der Waals surface area contributed by atoms with Crippen molar-refractivity contribution < 1.29 is 9.90 Å². The highest BCUT2D eigenvalue weighted by molar-refractivity contribution is 5.87. The molecule has 2 aromatic carbocycles. The molecule has 3 rings (SSSR count). The van der Waals surface area contributed by atoms with Gasteiger partial charge in [-0.15, -0.1) is 0 Å². The molecular formula is C20H22N2O2. The van der Waals surface area contributed by atoms with Gasteiger partial charge in [-0.2, -0.15) is 0 Å². The van der Waals surface area contributed by atoms with Gasteiger partial charge >= 0.3 is 5.97 Å². The fourth-order valence-electron chi connectivity index (χ4n) is 2.94. The summed E-state index contributed by atoms with van der Waals surface area (Å²) in [5.74, 6) is 0.470. The predicted molar refractivity (Wildman–Crippen MR) is 95.8 cm³/mol. The molecule has 0 atom stereocenters. The van der Waals surface area contributed by atoms with Gasteiger partial charge < -0.3 is 9.67 Å². The Hall–Kier alpha value is -2.62. The number of benzene rings is 2. The van der Waals surface area contributed by atoms with Crippen LogP contribution in [0.2, 0.25) is 0 Å². The van der Waals surface area contributed by atoms with Crippen molar-refractivity contribution in [3.05, 3.63) is 64.5 Å². The third-order valence-electron chi connectivity index (χ3n) is 4.45. The molecule has 0 aliphatic heterocycles. The van der Waals surface area contributed by atoms with Crippen LogP contribution in [0.1, 0.15) is 52.6 Å². The number of aromatic carboxylic acids is 1. The van der Waals surface area contributed by atoms with Gasteiger partial charge in [0.2, 0.25) is 0 Å². The lowest BCUT2D eigenvalue weighted by atomic mass is 10.1. The van der Waals surface area contributed by atoms with E-state index in [0.29, 0.717) is 18.0 Å².